The molecule has 0 saturated carbocycles. The van der Waals surface area contributed by atoms with Gasteiger partial charge in [0.2, 0.25) is 0 Å². The minimum atomic E-state index is -0.0537. The van der Waals surface area contributed by atoms with E-state index in [4.69, 9.17) is 4.74 Å². The van der Waals surface area contributed by atoms with Crippen molar-refractivity contribution < 1.29 is 4.74 Å². The summed E-state index contributed by atoms with van der Waals surface area (Å²) >= 11 is 4.29. The molecule has 0 saturated heterocycles. The van der Waals surface area contributed by atoms with Crippen molar-refractivity contribution in [2.24, 2.45) is 0 Å². The Labute approximate surface area is 157 Å². The first-order valence-electron chi connectivity index (χ1n) is 8.77. The molecule has 0 amide bonds. The van der Waals surface area contributed by atoms with Crippen LogP contribution in [0.4, 0.5) is 0 Å². The third kappa shape index (κ3) is 5.77. The van der Waals surface area contributed by atoms with Gasteiger partial charge in [-0.3, -0.25) is 0 Å². The average Bonchev–Trinajstić information content (AvgIpc) is 2.72. The molecule has 0 spiro atoms. The summed E-state index contributed by atoms with van der Waals surface area (Å²) in [6, 6.07) is 29.1. The van der Waals surface area contributed by atoms with E-state index in [1.54, 1.807) is 0 Å². The fourth-order valence-electron chi connectivity index (χ4n) is 2.56. The van der Waals surface area contributed by atoms with Gasteiger partial charge in [0.1, 0.15) is 6.10 Å². The van der Waals surface area contributed by atoms with Crippen LogP contribution in [0.3, 0.4) is 0 Å². The summed E-state index contributed by atoms with van der Waals surface area (Å²) in [5.41, 5.74) is 4.74. The molecule has 0 aliphatic carbocycles. The molecule has 0 aliphatic heterocycles. The van der Waals surface area contributed by atoms with E-state index in [2.05, 4.69) is 85.4 Å². The average molecular weight is 351 g/mol. The van der Waals surface area contributed by atoms with E-state index in [9.17, 15) is 0 Å². The summed E-state index contributed by atoms with van der Waals surface area (Å²) in [7, 11) is 0. The Hall–Kier alpha value is -2.03. The van der Waals surface area contributed by atoms with Crippen LogP contribution in [0.15, 0.2) is 84.9 Å². The Kier molecular flexibility index (Phi) is 8.30. The fourth-order valence-corrected chi connectivity index (χ4v) is 2.77. The molecule has 0 atom stereocenters. The first kappa shape index (κ1) is 19.3. The summed E-state index contributed by atoms with van der Waals surface area (Å²) in [4.78, 5) is 0. The summed E-state index contributed by atoms with van der Waals surface area (Å²) in [5.74, 6) is 0.762. The Balaban J connectivity index is 0.00000109. The number of ether oxygens (including phenoxy) is 1. The molecule has 2 heteroatoms. The third-order valence-corrected chi connectivity index (χ3v) is 4.19. The first-order valence-corrected chi connectivity index (χ1v) is 9.40. The predicted octanol–water partition coefficient (Wildman–Crippen LogP) is 6.45. The number of hydrogen-bond donors (Lipinski definition) is 1. The number of rotatable bonds is 6. The van der Waals surface area contributed by atoms with Crippen molar-refractivity contribution in [1.29, 1.82) is 0 Å². The molecule has 0 fully saturated rings. The maximum absolute atomic E-state index is 6.25. The Morgan fingerprint density at radius 3 is 1.56 bits per heavy atom. The predicted molar refractivity (Wildman–Crippen MR) is 110 cm³/mol. The van der Waals surface area contributed by atoms with Crippen molar-refractivity contribution in [3.05, 3.63) is 107 Å². The van der Waals surface area contributed by atoms with Crippen molar-refractivity contribution in [3.8, 4) is 0 Å². The zero-order valence-corrected chi connectivity index (χ0v) is 15.8. The summed E-state index contributed by atoms with van der Waals surface area (Å²) in [6.07, 6.45) is -0.0537. The monoisotopic (exact) mass is 350 g/mol. The molecule has 3 aromatic rings. The third-order valence-electron chi connectivity index (χ3n) is 3.83. The van der Waals surface area contributed by atoms with E-state index in [1.165, 1.54) is 22.3 Å². The highest BCUT2D eigenvalue weighted by Gasteiger charge is 2.14. The van der Waals surface area contributed by atoms with Gasteiger partial charge in [0.15, 0.2) is 0 Å². The van der Waals surface area contributed by atoms with Crippen molar-refractivity contribution in [3.63, 3.8) is 0 Å². The van der Waals surface area contributed by atoms with Gasteiger partial charge >= 0.3 is 0 Å². The van der Waals surface area contributed by atoms with Crippen molar-refractivity contribution in [2.75, 3.05) is 0 Å². The number of thiol groups is 1. The largest absolute Gasteiger partial charge is 0.364 e. The Bertz CT molecular complexity index is 669. The highest BCUT2D eigenvalue weighted by molar-refractivity contribution is 7.79. The van der Waals surface area contributed by atoms with Crippen LogP contribution in [-0.2, 0) is 17.1 Å². The fraction of sp³-hybridized carbons (Fsp3) is 0.217. The summed E-state index contributed by atoms with van der Waals surface area (Å²) in [6.45, 7) is 4.58. The maximum atomic E-state index is 6.25. The lowest BCUT2D eigenvalue weighted by molar-refractivity contribution is 0.0667. The normalized spacial score (nSPS) is 10.2. The lowest BCUT2D eigenvalue weighted by Crippen LogP contribution is -2.06. The van der Waals surface area contributed by atoms with E-state index in [0.717, 1.165) is 5.75 Å². The molecule has 1 nitrogen and oxygen atoms in total. The van der Waals surface area contributed by atoms with Crippen LogP contribution in [0.25, 0.3) is 0 Å². The zero-order valence-electron chi connectivity index (χ0n) is 14.9. The van der Waals surface area contributed by atoms with E-state index < -0.39 is 0 Å². The number of benzene rings is 3. The van der Waals surface area contributed by atoms with E-state index in [0.29, 0.717) is 6.61 Å². The topological polar surface area (TPSA) is 9.23 Å². The van der Waals surface area contributed by atoms with Crippen LogP contribution in [0.5, 0.6) is 0 Å². The molecule has 130 valence electrons. The SMILES string of the molecule is CC.SCc1ccc(COC(c2ccccc2)c2ccccc2)cc1. The molecule has 0 bridgehead atoms. The molecule has 3 rings (SSSR count). The van der Waals surface area contributed by atoms with Crippen LogP contribution in [0.1, 0.15) is 42.2 Å². The molecule has 0 aliphatic rings. The van der Waals surface area contributed by atoms with E-state index >= 15 is 0 Å². The van der Waals surface area contributed by atoms with Crippen LogP contribution in [0.2, 0.25) is 0 Å². The smallest absolute Gasteiger partial charge is 0.108 e. The second kappa shape index (κ2) is 10.8. The first-order chi connectivity index (χ1) is 12.4. The molecule has 0 heterocycles. The van der Waals surface area contributed by atoms with Gasteiger partial charge in [-0.15, -0.1) is 0 Å². The summed E-state index contributed by atoms with van der Waals surface area (Å²) in [5, 5.41) is 0. The van der Waals surface area contributed by atoms with Gasteiger partial charge in [-0.2, -0.15) is 12.6 Å². The lowest BCUT2D eigenvalue weighted by Gasteiger charge is -2.19. The van der Waals surface area contributed by atoms with Crippen molar-refractivity contribution in [1.82, 2.24) is 0 Å². The van der Waals surface area contributed by atoms with Gasteiger partial charge in [0, 0.05) is 5.75 Å². The minimum absolute atomic E-state index is 0.0537. The molecule has 3 aromatic carbocycles. The quantitative estimate of drug-likeness (QED) is 0.503. The minimum Gasteiger partial charge on any atom is -0.364 e. The van der Waals surface area contributed by atoms with Crippen LogP contribution < -0.4 is 0 Å². The second-order valence-electron chi connectivity index (χ2n) is 5.49. The molecule has 25 heavy (non-hydrogen) atoms. The Morgan fingerprint density at radius 2 is 1.12 bits per heavy atom. The van der Waals surface area contributed by atoms with Gasteiger partial charge in [-0.1, -0.05) is 98.8 Å². The van der Waals surface area contributed by atoms with Gasteiger partial charge in [0.05, 0.1) is 6.61 Å². The van der Waals surface area contributed by atoms with Crippen molar-refractivity contribution >= 4 is 12.6 Å². The molecule has 0 unspecified atom stereocenters. The molecule has 0 radical (unpaired) electrons. The maximum Gasteiger partial charge on any atom is 0.108 e. The van der Waals surface area contributed by atoms with E-state index in [-0.39, 0.29) is 6.10 Å². The standard InChI is InChI=1S/C21H20OS.C2H6/c23-16-18-13-11-17(12-14-18)15-22-21(19-7-3-1-4-8-19)20-9-5-2-6-10-20;1-2/h1-14,21,23H,15-16H2;1-2H3. The van der Waals surface area contributed by atoms with Gasteiger partial charge in [-0.25, -0.2) is 0 Å². The highest BCUT2D eigenvalue weighted by Crippen LogP contribution is 2.27. The molecule has 0 aromatic heterocycles. The van der Waals surface area contributed by atoms with Crippen molar-refractivity contribution in [2.45, 2.75) is 32.3 Å². The van der Waals surface area contributed by atoms with Crippen LogP contribution in [-0.4, -0.2) is 0 Å². The zero-order chi connectivity index (χ0) is 17.9. The molecular weight excluding hydrogens is 324 g/mol. The Morgan fingerprint density at radius 1 is 0.680 bits per heavy atom. The molecule has 0 N–H and O–H groups in total. The molecular formula is C23H26OS. The lowest BCUT2D eigenvalue weighted by atomic mass is 10.0. The van der Waals surface area contributed by atoms with Gasteiger partial charge in [0.25, 0.3) is 0 Å². The summed E-state index contributed by atoms with van der Waals surface area (Å²) < 4.78 is 6.25. The van der Waals surface area contributed by atoms with Gasteiger partial charge < -0.3 is 4.74 Å². The van der Waals surface area contributed by atoms with Crippen LogP contribution >= 0.6 is 12.6 Å². The van der Waals surface area contributed by atoms with E-state index in [1.807, 2.05) is 26.0 Å². The van der Waals surface area contributed by atoms with Crippen LogP contribution in [0, 0.1) is 0 Å². The highest BCUT2D eigenvalue weighted by atomic mass is 32.1. The van der Waals surface area contributed by atoms with Gasteiger partial charge in [-0.05, 0) is 22.3 Å². The number of hydrogen-bond acceptors (Lipinski definition) is 2. The second-order valence-corrected chi connectivity index (χ2v) is 5.80.